The highest BCUT2D eigenvalue weighted by atomic mass is 79.9. The minimum absolute atomic E-state index is 0.267. The first-order valence-electron chi connectivity index (χ1n) is 6.05. The molecule has 0 bridgehead atoms. The fourth-order valence-corrected chi connectivity index (χ4v) is 3.35. The van der Waals surface area contributed by atoms with Gasteiger partial charge in [0.1, 0.15) is 0 Å². The molecule has 1 heterocycles. The van der Waals surface area contributed by atoms with Crippen molar-refractivity contribution in [2.75, 3.05) is 25.8 Å². The van der Waals surface area contributed by atoms with Gasteiger partial charge in [0.2, 0.25) is 6.79 Å². The van der Waals surface area contributed by atoms with Crippen LogP contribution in [0.4, 0.5) is 0 Å². The third kappa shape index (κ3) is 3.70. The Bertz CT molecular complexity index is 495. The van der Waals surface area contributed by atoms with Gasteiger partial charge in [0.25, 0.3) is 0 Å². The van der Waals surface area contributed by atoms with Crippen LogP contribution in [0.25, 0.3) is 0 Å². The number of ether oxygens (including phenoxy) is 2. The molecule has 0 spiro atoms. The van der Waals surface area contributed by atoms with Gasteiger partial charge in [0, 0.05) is 39.9 Å². The van der Waals surface area contributed by atoms with Crippen LogP contribution in [0, 0.1) is 0 Å². The fourth-order valence-electron chi connectivity index (χ4n) is 1.97. The molecule has 0 aromatic heterocycles. The van der Waals surface area contributed by atoms with Crippen LogP contribution in [0.3, 0.4) is 0 Å². The second-order valence-corrected chi connectivity index (χ2v) is 7.13. The summed E-state index contributed by atoms with van der Waals surface area (Å²) in [6, 6.07) is 4.20. The second-order valence-electron chi connectivity index (χ2n) is 4.80. The molecule has 19 heavy (non-hydrogen) atoms. The number of benzene rings is 1. The molecule has 0 amide bonds. The molecule has 0 radical (unpaired) electrons. The monoisotopic (exact) mass is 347 g/mol. The minimum Gasteiger partial charge on any atom is -0.454 e. The lowest BCUT2D eigenvalue weighted by molar-refractivity contribution is 0.174. The van der Waals surface area contributed by atoms with E-state index in [2.05, 4.69) is 27.8 Å². The van der Waals surface area contributed by atoms with Gasteiger partial charge in [0.05, 0.1) is 0 Å². The van der Waals surface area contributed by atoms with E-state index in [1.165, 1.54) is 0 Å². The molecule has 1 aromatic carbocycles. The lowest BCUT2D eigenvalue weighted by Crippen LogP contribution is -2.33. The highest BCUT2D eigenvalue weighted by molar-refractivity contribution is 9.10. The fraction of sp³-hybridized carbons (Fsp3) is 0.538. The summed E-state index contributed by atoms with van der Waals surface area (Å²) in [6.45, 7) is 3.14. The van der Waals surface area contributed by atoms with Crippen LogP contribution in [0.15, 0.2) is 16.6 Å². The normalized spacial score (nSPS) is 16.7. The SMILES string of the molecule is C[C@H](C[S@](C)=O)N(C)Cc1cc2c(cc1Br)OCO2. The first-order valence-corrected chi connectivity index (χ1v) is 8.57. The summed E-state index contributed by atoms with van der Waals surface area (Å²) in [5.41, 5.74) is 1.14. The van der Waals surface area contributed by atoms with Crippen molar-refractivity contribution in [3.8, 4) is 11.5 Å². The molecule has 1 aromatic rings. The van der Waals surface area contributed by atoms with E-state index in [1.807, 2.05) is 19.2 Å². The van der Waals surface area contributed by atoms with Gasteiger partial charge in [-0.3, -0.25) is 9.11 Å². The smallest absolute Gasteiger partial charge is 0.231 e. The van der Waals surface area contributed by atoms with Gasteiger partial charge in [0.15, 0.2) is 11.5 Å². The molecule has 4 nitrogen and oxygen atoms in total. The molecular weight excluding hydrogens is 330 g/mol. The van der Waals surface area contributed by atoms with Crippen LogP contribution in [-0.4, -0.2) is 41.0 Å². The van der Waals surface area contributed by atoms with Crippen LogP contribution in [0.2, 0.25) is 0 Å². The van der Waals surface area contributed by atoms with Crippen molar-refractivity contribution in [3.05, 3.63) is 22.2 Å². The zero-order chi connectivity index (χ0) is 14.0. The van der Waals surface area contributed by atoms with Gasteiger partial charge in [-0.15, -0.1) is 0 Å². The van der Waals surface area contributed by atoms with E-state index < -0.39 is 10.8 Å². The summed E-state index contributed by atoms with van der Waals surface area (Å²) in [5, 5.41) is 0. The molecule has 1 aliphatic rings. The van der Waals surface area contributed by atoms with Crippen LogP contribution >= 0.6 is 15.9 Å². The molecule has 0 fully saturated rings. The maximum atomic E-state index is 11.3. The molecule has 1 aliphatic heterocycles. The Morgan fingerprint density at radius 1 is 1.42 bits per heavy atom. The maximum Gasteiger partial charge on any atom is 0.231 e. The van der Waals surface area contributed by atoms with Crippen LogP contribution < -0.4 is 9.47 Å². The first-order chi connectivity index (χ1) is 8.97. The molecule has 0 saturated carbocycles. The molecule has 6 heteroatoms. The predicted octanol–water partition coefficient (Wildman–Crippen LogP) is 2.38. The third-order valence-corrected chi connectivity index (χ3v) is 4.88. The minimum atomic E-state index is -0.777. The molecule has 0 saturated heterocycles. The van der Waals surface area contributed by atoms with E-state index >= 15 is 0 Å². The van der Waals surface area contributed by atoms with Gasteiger partial charge < -0.3 is 9.47 Å². The number of rotatable bonds is 5. The Morgan fingerprint density at radius 2 is 2.05 bits per heavy atom. The number of nitrogens with zero attached hydrogens (tertiary/aromatic N) is 1. The van der Waals surface area contributed by atoms with Gasteiger partial charge in [-0.25, -0.2) is 0 Å². The van der Waals surface area contributed by atoms with Crippen LogP contribution in [-0.2, 0) is 17.3 Å². The molecule has 106 valence electrons. The Hall–Kier alpha value is -0.590. The first kappa shape index (κ1) is 14.8. The Morgan fingerprint density at radius 3 is 2.68 bits per heavy atom. The second kappa shape index (κ2) is 6.24. The van der Waals surface area contributed by atoms with E-state index in [-0.39, 0.29) is 12.8 Å². The topological polar surface area (TPSA) is 38.8 Å². The van der Waals surface area contributed by atoms with Crippen molar-refractivity contribution in [3.63, 3.8) is 0 Å². The van der Waals surface area contributed by atoms with Crippen LogP contribution in [0.5, 0.6) is 11.5 Å². The predicted molar refractivity (Wildman–Crippen MR) is 80.1 cm³/mol. The van der Waals surface area contributed by atoms with Gasteiger partial charge >= 0.3 is 0 Å². The average molecular weight is 348 g/mol. The number of hydrogen-bond acceptors (Lipinski definition) is 4. The highest BCUT2D eigenvalue weighted by Gasteiger charge is 2.18. The van der Waals surface area contributed by atoms with E-state index in [0.717, 1.165) is 28.1 Å². The van der Waals surface area contributed by atoms with Crippen molar-refractivity contribution in [1.29, 1.82) is 0 Å². The molecule has 0 N–H and O–H groups in total. The highest BCUT2D eigenvalue weighted by Crippen LogP contribution is 2.37. The Balaban J connectivity index is 2.08. The summed E-state index contributed by atoms with van der Waals surface area (Å²) in [6.07, 6.45) is 1.74. The van der Waals surface area contributed by atoms with Gasteiger partial charge in [-0.05, 0) is 31.7 Å². The van der Waals surface area contributed by atoms with Crippen molar-refractivity contribution >= 4 is 26.7 Å². The number of fused-ring (bicyclic) bond motifs is 1. The van der Waals surface area contributed by atoms with Crippen molar-refractivity contribution in [2.24, 2.45) is 0 Å². The van der Waals surface area contributed by atoms with E-state index in [0.29, 0.717) is 5.75 Å². The van der Waals surface area contributed by atoms with E-state index in [1.54, 1.807) is 6.26 Å². The molecule has 2 atom stereocenters. The van der Waals surface area contributed by atoms with Crippen molar-refractivity contribution in [1.82, 2.24) is 4.90 Å². The molecule has 0 aliphatic carbocycles. The molecule has 2 rings (SSSR count). The van der Waals surface area contributed by atoms with Gasteiger partial charge in [-0.2, -0.15) is 0 Å². The standard InChI is InChI=1S/C13H18BrNO3S/c1-9(7-19(3)16)15(2)6-10-4-12-13(5-11(10)14)18-8-17-12/h4-5,9H,6-8H2,1-3H3/t9-,19+/m1/s1. The maximum absolute atomic E-state index is 11.3. The number of halogens is 1. The lowest BCUT2D eigenvalue weighted by atomic mass is 10.1. The molecule has 0 unspecified atom stereocenters. The quantitative estimate of drug-likeness (QED) is 0.819. The molecular formula is C13H18BrNO3S. The zero-order valence-electron chi connectivity index (χ0n) is 11.3. The summed E-state index contributed by atoms with van der Waals surface area (Å²) in [4.78, 5) is 2.18. The van der Waals surface area contributed by atoms with Crippen molar-refractivity contribution in [2.45, 2.75) is 19.5 Å². The van der Waals surface area contributed by atoms with Crippen molar-refractivity contribution < 1.29 is 13.7 Å². The van der Waals surface area contributed by atoms with E-state index in [4.69, 9.17) is 9.47 Å². The zero-order valence-corrected chi connectivity index (χ0v) is 13.7. The summed E-state index contributed by atoms with van der Waals surface area (Å²) in [5.74, 6) is 2.25. The van der Waals surface area contributed by atoms with Gasteiger partial charge in [-0.1, -0.05) is 15.9 Å². The largest absolute Gasteiger partial charge is 0.454 e. The Kier molecular flexibility index (Phi) is 4.86. The summed E-state index contributed by atoms with van der Waals surface area (Å²) >= 11 is 3.56. The lowest BCUT2D eigenvalue weighted by Gasteiger charge is -2.24. The number of hydrogen-bond donors (Lipinski definition) is 0. The van der Waals surface area contributed by atoms with Crippen LogP contribution in [0.1, 0.15) is 12.5 Å². The third-order valence-electron chi connectivity index (χ3n) is 3.19. The summed E-state index contributed by atoms with van der Waals surface area (Å²) < 4.78 is 23.0. The van der Waals surface area contributed by atoms with E-state index in [9.17, 15) is 4.21 Å². The summed E-state index contributed by atoms with van der Waals surface area (Å²) in [7, 11) is 1.26. The average Bonchev–Trinajstić information content (AvgIpc) is 2.75. The Labute approximate surface area is 124 Å².